The Kier molecular flexibility index (Phi) is 5.12. The zero-order valence-electron chi connectivity index (χ0n) is 12.6. The van der Waals surface area contributed by atoms with Gasteiger partial charge < -0.3 is 15.4 Å². The van der Waals surface area contributed by atoms with Crippen molar-refractivity contribution in [3.8, 4) is 5.75 Å². The van der Waals surface area contributed by atoms with Crippen molar-refractivity contribution < 1.29 is 4.74 Å². The van der Waals surface area contributed by atoms with Crippen LogP contribution in [-0.4, -0.2) is 13.2 Å². The van der Waals surface area contributed by atoms with Gasteiger partial charge in [-0.1, -0.05) is 28.1 Å². The zero-order valence-corrected chi connectivity index (χ0v) is 14.2. The molecule has 0 saturated heterocycles. The van der Waals surface area contributed by atoms with Gasteiger partial charge in [0.1, 0.15) is 5.75 Å². The van der Waals surface area contributed by atoms with Gasteiger partial charge in [0.2, 0.25) is 0 Å². The number of rotatable bonds is 5. The third-order valence-electron chi connectivity index (χ3n) is 3.11. The molecule has 0 unspecified atom stereocenters. The number of nitrogens with zero attached hydrogens (tertiary/aromatic N) is 1. The Morgan fingerprint density at radius 1 is 1.19 bits per heavy atom. The van der Waals surface area contributed by atoms with Crippen LogP contribution in [0.4, 0.5) is 11.4 Å². The maximum absolute atomic E-state index is 5.96. The van der Waals surface area contributed by atoms with E-state index in [1.54, 1.807) is 0 Å². The van der Waals surface area contributed by atoms with Gasteiger partial charge >= 0.3 is 0 Å². The molecule has 0 atom stereocenters. The van der Waals surface area contributed by atoms with Crippen LogP contribution in [0.2, 0.25) is 0 Å². The summed E-state index contributed by atoms with van der Waals surface area (Å²) in [6, 6.07) is 14.2. The van der Waals surface area contributed by atoms with Crippen molar-refractivity contribution >= 4 is 27.3 Å². The molecule has 0 saturated carbocycles. The highest BCUT2D eigenvalue weighted by atomic mass is 79.9. The second kappa shape index (κ2) is 6.85. The summed E-state index contributed by atoms with van der Waals surface area (Å²) in [6.07, 6.45) is 0.109. The highest BCUT2D eigenvalue weighted by Crippen LogP contribution is 2.29. The molecule has 0 heterocycles. The molecule has 3 nitrogen and oxygen atoms in total. The summed E-state index contributed by atoms with van der Waals surface area (Å²) in [4.78, 5) is 2.17. The molecular weight excluding hydrogens is 328 g/mol. The van der Waals surface area contributed by atoms with Crippen LogP contribution in [0.25, 0.3) is 0 Å². The molecule has 0 aliphatic carbocycles. The number of halogens is 1. The van der Waals surface area contributed by atoms with Crippen LogP contribution >= 0.6 is 15.9 Å². The van der Waals surface area contributed by atoms with Crippen molar-refractivity contribution in [2.45, 2.75) is 26.5 Å². The van der Waals surface area contributed by atoms with E-state index in [1.165, 1.54) is 5.56 Å². The van der Waals surface area contributed by atoms with E-state index < -0.39 is 0 Å². The number of nitrogen functional groups attached to an aromatic ring is 1. The molecule has 0 spiro atoms. The minimum absolute atomic E-state index is 0.109. The van der Waals surface area contributed by atoms with Gasteiger partial charge in [-0.2, -0.15) is 0 Å². The van der Waals surface area contributed by atoms with Crippen LogP contribution in [0.15, 0.2) is 46.9 Å². The van der Waals surface area contributed by atoms with Crippen molar-refractivity contribution in [1.82, 2.24) is 0 Å². The zero-order chi connectivity index (χ0) is 15.4. The molecule has 0 fully saturated rings. The smallest absolute Gasteiger partial charge is 0.144 e. The quantitative estimate of drug-likeness (QED) is 0.811. The second-order valence-electron chi connectivity index (χ2n) is 5.37. The number of nitrogens with two attached hydrogens (primary N) is 1. The predicted molar refractivity (Wildman–Crippen MR) is 92.9 cm³/mol. The van der Waals surface area contributed by atoms with E-state index in [0.717, 1.165) is 22.5 Å². The fraction of sp³-hybridized carbons (Fsp3) is 0.294. The van der Waals surface area contributed by atoms with Gasteiger partial charge in [-0.3, -0.25) is 0 Å². The Balaban J connectivity index is 2.17. The summed E-state index contributed by atoms with van der Waals surface area (Å²) in [6.45, 7) is 4.82. The molecule has 0 aliphatic heterocycles. The summed E-state index contributed by atoms with van der Waals surface area (Å²) in [7, 11) is 2.06. The summed E-state index contributed by atoms with van der Waals surface area (Å²) in [5.41, 5.74) is 8.96. The summed E-state index contributed by atoms with van der Waals surface area (Å²) < 4.78 is 6.84. The molecule has 112 valence electrons. The minimum atomic E-state index is 0.109. The van der Waals surface area contributed by atoms with E-state index in [2.05, 4.69) is 40.0 Å². The first kappa shape index (κ1) is 15.7. The standard InChI is InChI=1S/C17H21BrN2O/c1-12(2)21-17-10-15(7-8-16(17)19)20(3)11-13-5-4-6-14(18)9-13/h4-10,12H,11,19H2,1-3H3. The Morgan fingerprint density at radius 3 is 2.62 bits per heavy atom. The van der Waals surface area contributed by atoms with E-state index in [0.29, 0.717) is 5.69 Å². The molecule has 2 rings (SSSR count). The Labute approximate surface area is 134 Å². The van der Waals surface area contributed by atoms with Gasteiger partial charge in [0.05, 0.1) is 11.8 Å². The number of hydrogen-bond donors (Lipinski definition) is 1. The molecule has 2 N–H and O–H groups in total. The van der Waals surface area contributed by atoms with Gasteiger partial charge in [0, 0.05) is 29.8 Å². The normalized spacial score (nSPS) is 10.7. The van der Waals surface area contributed by atoms with Crippen LogP contribution < -0.4 is 15.4 Å². The van der Waals surface area contributed by atoms with E-state index in [4.69, 9.17) is 10.5 Å². The Hall–Kier alpha value is -1.68. The number of hydrogen-bond acceptors (Lipinski definition) is 3. The maximum Gasteiger partial charge on any atom is 0.144 e. The fourth-order valence-electron chi connectivity index (χ4n) is 2.12. The second-order valence-corrected chi connectivity index (χ2v) is 6.29. The lowest BCUT2D eigenvalue weighted by molar-refractivity contribution is 0.244. The number of ether oxygens (including phenoxy) is 1. The summed E-state index contributed by atoms with van der Waals surface area (Å²) in [5, 5.41) is 0. The molecule has 0 radical (unpaired) electrons. The SMILES string of the molecule is CC(C)Oc1cc(N(C)Cc2cccc(Br)c2)ccc1N. The molecule has 0 aromatic heterocycles. The molecule has 2 aromatic carbocycles. The average molecular weight is 349 g/mol. The van der Waals surface area contributed by atoms with Gasteiger partial charge in [-0.15, -0.1) is 0 Å². The van der Waals surface area contributed by atoms with Crippen LogP contribution in [0.1, 0.15) is 19.4 Å². The van der Waals surface area contributed by atoms with Crippen molar-refractivity contribution in [2.24, 2.45) is 0 Å². The monoisotopic (exact) mass is 348 g/mol. The summed E-state index contributed by atoms with van der Waals surface area (Å²) >= 11 is 3.50. The third-order valence-corrected chi connectivity index (χ3v) is 3.60. The summed E-state index contributed by atoms with van der Waals surface area (Å²) in [5.74, 6) is 0.739. The topological polar surface area (TPSA) is 38.5 Å². The molecule has 0 aliphatic rings. The van der Waals surface area contributed by atoms with Crippen LogP contribution in [-0.2, 0) is 6.54 Å². The largest absolute Gasteiger partial charge is 0.489 e. The highest BCUT2D eigenvalue weighted by Gasteiger charge is 2.08. The van der Waals surface area contributed by atoms with Crippen molar-refractivity contribution in [1.29, 1.82) is 0 Å². The lowest BCUT2D eigenvalue weighted by atomic mass is 10.2. The lowest BCUT2D eigenvalue weighted by Crippen LogP contribution is -2.17. The Morgan fingerprint density at radius 2 is 1.95 bits per heavy atom. The van der Waals surface area contributed by atoms with Gasteiger partial charge in [0.25, 0.3) is 0 Å². The van der Waals surface area contributed by atoms with Crippen molar-refractivity contribution in [2.75, 3.05) is 17.7 Å². The first-order chi connectivity index (χ1) is 9.95. The maximum atomic E-state index is 5.96. The number of anilines is 2. The van der Waals surface area contributed by atoms with Crippen LogP contribution in [0.3, 0.4) is 0 Å². The molecule has 4 heteroatoms. The van der Waals surface area contributed by atoms with E-state index in [1.807, 2.05) is 44.2 Å². The lowest BCUT2D eigenvalue weighted by Gasteiger charge is -2.21. The van der Waals surface area contributed by atoms with Gasteiger partial charge in [-0.25, -0.2) is 0 Å². The van der Waals surface area contributed by atoms with E-state index in [-0.39, 0.29) is 6.10 Å². The molecule has 21 heavy (non-hydrogen) atoms. The average Bonchev–Trinajstić information content (AvgIpc) is 2.40. The van der Waals surface area contributed by atoms with Gasteiger partial charge in [0.15, 0.2) is 0 Å². The molecule has 2 aromatic rings. The van der Waals surface area contributed by atoms with Crippen molar-refractivity contribution in [3.05, 3.63) is 52.5 Å². The molecular formula is C17H21BrN2O. The highest BCUT2D eigenvalue weighted by molar-refractivity contribution is 9.10. The number of benzene rings is 2. The first-order valence-corrected chi connectivity index (χ1v) is 7.77. The Bertz CT molecular complexity index is 613. The molecule has 0 amide bonds. The van der Waals surface area contributed by atoms with E-state index >= 15 is 0 Å². The van der Waals surface area contributed by atoms with E-state index in [9.17, 15) is 0 Å². The fourth-order valence-corrected chi connectivity index (χ4v) is 2.56. The first-order valence-electron chi connectivity index (χ1n) is 6.97. The molecule has 0 bridgehead atoms. The van der Waals surface area contributed by atoms with Crippen LogP contribution in [0, 0.1) is 0 Å². The minimum Gasteiger partial charge on any atom is -0.489 e. The van der Waals surface area contributed by atoms with Gasteiger partial charge in [-0.05, 0) is 43.7 Å². The van der Waals surface area contributed by atoms with Crippen LogP contribution in [0.5, 0.6) is 5.75 Å². The van der Waals surface area contributed by atoms with Crippen molar-refractivity contribution in [3.63, 3.8) is 0 Å². The predicted octanol–water partition coefficient (Wildman–Crippen LogP) is 4.45. The third kappa shape index (κ3) is 4.39.